The van der Waals surface area contributed by atoms with E-state index in [0.717, 1.165) is 27.6 Å². The summed E-state index contributed by atoms with van der Waals surface area (Å²) in [5, 5.41) is 4.78. The van der Waals surface area contributed by atoms with Gasteiger partial charge in [0.1, 0.15) is 11.2 Å². The van der Waals surface area contributed by atoms with Crippen LogP contribution in [0.5, 0.6) is 0 Å². The number of allylic oxidation sites excluding steroid dienone is 2. The first kappa shape index (κ1) is 24.6. The molecule has 6 aromatic carbocycles. The van der Waals surface area contributed by atoms with Crippen LogP contribution in [0.15, 0.2) is 162 Å². The van der Waals surface area contributed by atoms with Gasteiger partial charge in [-0.25, -0.2) is 0 Å². The van der Waals surface area contributed by atoms with Crippen molar-refractivity contribution < 1.29 is 4.42 Å². The molecule has 0 saturated carbocycles. The van der Waals surface area contributed by atoms with Crippen molar-refractivity contribution in [2.75, 3.05) is 4.90 Å². The molecule has 10 rings (SSSR count). The summed E-state index contributed by atoms with van der Waals surface area (Å²) in [5.74, 6) is 0.368. The van der Waals surface area contributed by atoms with Crippen LogP contribution in [-0.4, -0.2) is 10.6 Å². The van der Waals surface area contributed by atoms with Gasteiger partial charge in [-0.2, -0.15) is 0 Å². The summed E-state index contributed by atoms with van der Waals surface area (Å²) in [6, 6.07) is 48.5. The molecule has 8 aromatic rings. The zero-order valence-corrected chi connectivity index (χ0v) is 24.5. The summed E-state index contributed by atoms with van der Waals surface area (Å²) in [4.78, 5) is 2.49. The molecule has 2 aliphatic rings. The first-order valence-corrected chi connectivity index (χ1v) is 15.6. The normalized spacial score (nSPS) is 17.1. The molecular formula is C42H28N2O. The fourth-order valence-corrected chi connectivity index (χ4v) is 7.71. The van der Waals surface area contributed by atoms with Crippen molar-refractivity contribution in [2.45, 2.75) is 12.0 Å². The summed E-state index contributed by atoms with van der Waals surface area (Å²) in [6.07, 6.45) is 9.01. The van der Waals surface area contributed by atoms with Gasteiger partial charge in [-0.15, -0.1) is 0 Å². The molecule has 0 N–H and O–H groups in total. The average molecular weight is 577 g/mol. The topological polar surface area (TPSA) is 21.3 Å². The molecule has 45 heavy (non-hydrogen) atoms. The lowest BCUT2D eigenvalue weighted by molar-refractivity contribution is 0.669. The molecule has 212 valence electrons. The number of benzene rings is 6. The Labute approximate surface area is 260 Å². The molecule has 2 aromatic heterocycles. The quantitative estimate of drug-likeness (QED) is 0.209. The highest BCUT2D eigenvalue weighted by Crippen LogP contribution is 2.48. The van der Waals surface area contributed by atoms with E-state index in [9.17, 15) is 0 Å². The Kier molecular flexibility index (Phi) is 5.11. The maximum Gasteiger partial charge on any atom is 0.135 e. The molecule has 0 amide bonds. The molecule has 0 saturated heterocycles. The zero-order chi connectivity index (χ0) is 29.5. The van der Waals surface area contributed by atoms with Crippen molar-refractivity contribution in [3.8, 4) is 16.8 Å². The van der Waals surface area contributed by atoms with Crippen LogP contribution in [0, 0.1) is 0 Å². The van der Waals surface area contributed by atoms with Crippen LogP contribution in [0.1, 0.15) is 11.5 Å². The molecule has 3 nitrogen and oxygen atoms in total. The molecule has 0 bridgehead atoms. The lowest BCUT2D eigenvalue weighted by Gasteiger charge is -2.29. The summed E-state index contributed by atoms with van der Waals surface area (Å²) in [5.41, 5.74) is 11.6. The maximum absolute atomic E-state index is 6.36. The van der Waals surface area contributed by atoms with E-state index in [1.165, 1.54) is 49.9 Å². The summed E-state index contributed by atoms with van der Waals surface area (Å²) in [7, 11) is 0. The fourth-order valence-electron chi connectivity index (χ4n) is 7.71. The second-order valence-corrected chi connectivity index (χ2v) is 12.1. The standard InChI is InChI=1S/C42H28N2O/c1-5-16-37-31(12-1)32-13-2-6-17-38(32)43(37)29-11-9-10-27(24-29)28-20-22-41-35(25-28)36-26-30(21-23-42(36)45-41)44-39-18-7-3-14-33(39)34-15-4-8-19-40(34)44/h1-26,31,37H. The van der Waals surface area contributed by atoms with Gasteiger partial charge in [-0.1, -0.05) is 97.1 Å². The number of hydrogen-bond acceptors (Lipinski definition) is 2. The van der Waals surface area contributed by atoms with Crippen LogP contribution in [0.4, 0.5) is 11.4 Å². The van der Waals surface area contributed by atoms with Crippen molar-refractivity contribution in [3.05, 3.63) is 163 Å². The van der Waals surface area contributed by atoms with Gasteiger partial charge in [0.25, 0.3) is 0 Å². The molecule has 0 fully saturated rings. The number of anilines is 2. The predicted octanol–water partition coefficient (Wildman–Crippen LogP) is 11.1. The van der Waals surface area contributed by atoms with E-state index >= 15 is 0 Å². The van der Waals surface area contributed by atoms with E-state index in [0.29, 0.717) is 5.92 Å². The van der Waals surface area contributed by atoms with Crippen LogP contribution in [0.25, 0.3) is 60.6 Å². The third-order valence-electron chi connectivity index (χ3n) is 9.71. The minimum Gasteiger partial charge on any atom is -0.456 e. The third-order valence-corrected chi connectivity index (χ3v) is 9.71. The zero-order valence-electron chi connectivity index (χ0n) is 24.5. The van der Waals surface area contributed by atoms with Gasteiger partial charge in [-0.3, -0.25) is 0 Å². The highest BCUT2D eigenvalue weighted by Gasteiger charge is 2.37. The Morgan fingerprint density at radius 1 is 0.489 bits per heavy atom. The van der Waals surface area contributed by atoms with Crippen molar-refractivity contribution in [1.29, 1.82) is 0 Å². The van der Waals surface area contributed by atoms with Crippen LogP contribution in [-0.2, 0) is 0 Å². The van der Waals surface area contributed by atoms with Crippen molar-refractivity contribution in [2.24, 2.45) is 0 Å². The largest absolute Gasteiger partial charge is 0.456 e. The van der Waals surface area contributed by atoms with E-state index in [1.54, 1.807) is 0 Å². The number of aromatic nitrogens is 1. The van der Waals surface area contributed by atoms with Crippen molar-refractivity contribution >= 4 is 55.1 Å². The minimum atomic E-state index is 0.280. The number of furan rings is 1. The minimum absolute atomic E-state index is 0.280. The Morgan fingerprint density at radius 3 is 2.02 bits per heavy atom. The predicted molar refractivity (Wildman–Crippen MR) is 187 cm³/mol. The van der Waals surface area contributed by atoms with Crippen LogP contribution < -0.4 is 4.90 Å². The number of hydrogen-bond donors (Lipinski definition) is 0. The Bertz CT molecular complexity index is 2470. The lowest BCUT2D eigenvalue weighted by atomic mass is 9.91. The lowest BCUT2D eigenvalue weighted by Crippen LogP contribution is -2.28. The SMILES string of the molecule is C1=CC2c3ccccc3N(c3cccc(-c4ccc5oc6ccc(-n7c8ccccc8c8ccccc87)cc6c5c4)c3)C2C=C1. The molecule has 2 atom stereocenters. The van der Waals surface area contributed by atoms with E-state index < -0.39 is 0 Å². The molecule has 2 unspecified atom stereocenters. The highest BCUT2D eigenvalue weighted by molar-refractivity contribution is 6.11. The average Bonchev–Trinajstić information content (AvgIpc) is 3.75. The number of fused-ring (bicyclic) bond motifs is 9. The Hall–Kier alpha value is -5.80. The molecule has 1 aliphatic heterocycles. The van der Waals surface area contributed by atoms with E-state index in [-0.39, 0.29) is 6.04 Å². The fraction of sp³-hybridized carbons (Fsp3) is 0.0476. The summed E-state index contributed by atoms with van der Waals surface area (Å²) in [6.45, 7) is 0. The molecule has 1 aliphatic carbocycles. The van der Waals surface area contributed by atoms with Crippen molar-refractivity contribution in [3.63, 3.8) is 0 Å². The molecular weight excluding hydrogens is 548 g/mol. The number of rotatable bonds is 3. The monoisotopic (exact) mass is 576 g/mol. The number of para-hydroxylation sites is 3. The second kappa shape index (κ2) is 9.35. The van der Waals surface area contributed by atoms with E-state index in [2.05, 4.69) is 167 Å². The van der Waals surface area contributed by atoms with Crippen molar-refractivity contribution in [1.82, 2.24) is 4.57 Å². The van der Waals surface area contributed by atoms with E-state index in [4.69, 9.17) is 4.42 Å². The second-order valence-electron chi connectivity index (χ2n) is 12.1. The van der Waals surface area contributed by atoms with Crippen LogP contribution in [0.2, 0.25) is 0 Å². The molecule has 0 spiro atoms. The smallest absolute Gasteiger partial charge is 0.135 e. The number of nitrogens with zero attached hydrogens (tertiary/aromatic N) is 2. The molecule has 0 radical (unpaired) electrons. The maximum atomic E-state index is 6.36. The summed E-state index contributed by atoms with van der Waals surface area (Å²) < 4.78 is 8.73. The highest BCUT2D eigenvalue weighted by atomic mass is 16.3. The van der Waals surface area contributed by atoms with Gasteiger partial charge in [-0.05, 0) is 77.4 Å². The first-order chi connectivity index (χ1) is 22.3. The third kappa shape index (κ3) is 3.58. The van der Waals surface area contributed by atoms with Gasteiger partial charge in [0.05, 0.1) is 17.1 Å². The van der Waals surface area contributed by atoms with Gasteiger partial charge >= 0.3 is 0 Å². The van der Waals surface area contributed by atoms with Crippen LogP contribution in [0.3, 0.4) is 0 Å². The van der Waals surface area contributed by atoms with Crippen LogP contribution >= 0.6 is 0 Å². The molecule has 3 heterocycles. The van der Waals surface area contributed by atoms with Gasteiger partial charge < -0.3 is 13.9 Å². The van der Waals surface area contributed by atoms with Gasteiger partial charge in [0, 0.05) is 44.5 Å². The summed E-state index contributed by atoms with van der Waals surface area (Å²) >= 11 is 0. The Balaban J connectivity index is 1.11. The Morgan fingerprint density at radius 2 is 1.18 bits per heavy atom. The van der Waals surface area contributed by atoms with E-state index in [1.807, 2.05) is 0 Å². The molecule has 3 heteroatoms. The van der Waals surface area contributed by atoms with Gasteiger partial charge in [0.2, 0.25) is 0 Å². The van der Waals surface area contributed by atoms with Gasteiger partial charge in [0.15, 0.2) is 0 Å². The first-order valence-electron chi connectivity index (χ1n) is 15.6.